The molecule has 1 aliphatic carbocycles. The molecule has 0 saturated heterocycles. The molecule has 2 aromatic rings. The summed E-state index contributed by atoms with van der Waals surface area (Å²) in [4.78, 5) is 0. The Bertz CT molecular complexity index is 916. The van der Waals surface area contributed by atoms with Gasteiger partial charge in [-0.25, -0.2) is 8.42 Å². The number of sulfonamides is 1. The third-order valence-corrected chi connectivity index (χ3v) is 8.61. The number of rotatable bonds is 13. The van der Waals surface area contributed by atoms with E-state index in [0.717, 1.165) is 41.9 Å². The number of methoxy groups -OCH3 is 2. The highest BCUT2D eigenvalue weighted by Gasteiger charge is 2.39. The van der Waals surface area contributed by atoms with Crippen molar-refractivity contribution in [3.8, 4) is 11.5 Å². The Morgan fingerprint density at radius 1 is 0.969 bits per heavy atom. The number of nitrogens with zero attached hydrogens (tertiary/aromatic N) is 1. The number of allylic oxidation sites excluding steroid dienone is 1. The highest BCUT2D eigenvalue weighted by Crippen LogP contribution is 2.39. The first-order chi connectivity index (χ1) is 15.4. The van der Waals surface area contributed by atoms with Crippen LogP contribution in [0.2, 0.25) is 0 Å². The van der Waals surface area contributed by atoms with Crippen LogP contribution in [0.3, 0.4) is 0 Å². The molecule has 3 rings (SSSR count). The molecule has 1 saturated carbocycles. The second-order valence-corrected chi connectivity index (χ2v) is 10.9. The van der Waals surface area contributed by atoms with E-state index in [1.165, 1.54) is 0 Å². The van der Waals surface area contributed by atoms with Crippen molar-refractivity contribution < 1.29 is 17.9 Å². The van der Waals surface area contributed by atoms with Crippen molar-refractivity contribution in [1.29, 1.82) is 0 Å². The van der Waals surface area contributed by atoms with Crippen LogP contribution in [0.15, 0.2) is 61.2 Å². The molecule has 2 atom stereocenters. The fourth-order valence-electron chi connectivity index (χ4n) is 4.04. The molecule has 174 valence electrons. The van der Waals surface area contributed by atoms with E-state index in [1.807, 2.05) is 61.5 Å². The van der Waals surface area contributed by atoms with Gasteiger partial charge in [0, 0.05) is 13.1 Å². The van der Waals surface area contributed by atoms with E-state index in [4.69, 9.17) is 9.47 Å². The van der Waals surface area contributed by atoms with E-state index < -0.39 is 15.3 Å². The van der Waals surface area contributed by atoms with Gasteiger partial charge < -0.3 is 9.47 Å². The largest absolute Gasteiger partial charge is 0.497 e. The quantitative estimate of drug-likeness (QED) is 0.377. The maximum atomic E-state index is 14.0. The topological polar surface area (TPSA) is 55.8 Å². The molecule has 1 fully saturated rings. The fraction of sp³-hybridized carbons (Fsp3) is 0.462. The van der Waals surface area contributed by atoms with Gasteiger partial charge in [-0.05, 0) is 60.1 Å². The van der Waals surface area contributed by atoms with Gasteiger partial charge in [-0.2, -0.15) is 4.31 Å². The zero-order valence-corrected chi connectivity index (χ0v) is 20.2. The van der Waals surface area contributed by atoms with Gasteiger partial charge in [0.1, 0.15) is 11.5 Å². The molecule has 0 unspecified atom stereocenters. The van der Waals surface area contributed by atoms with Crippen LogP contribution < -0.4 is 9.47 Å². The molecule has 5 nitrogen and oxygen atoms in total. The lowest BCUT2D eigenvalue weighted by molar-refractivity contribution is 0.370. The van der Waals surface area contributed by atoms with Gasteiger partial charge in [0.25, 0.3) is 0 Å². The standard InChI is InChI=1S/C26H35NO4S/c1-5-6-20(2)26(17-21-7-8-21)32(28,29)27(18-22-9-13-24(30-3)14-10-22)19-23-11-15-25(31-4)16-12-23/h5,9-16,20-21,26H,1,6-8,17-19H2,2-4H3/t20-,26+/m0/s1. The molecule has 1 aliphatic rings. The van der Waals surface area contributed by atoms with Crippen molar-refractivity contribution in [3.63, 3.8) is 0 Å². The van der Waals surface area contributed by atoms with E-state index in [9.17, 15) is 8.42 Å². The van der Waals surface area contributed by atoms with Crippen molar-refractivity contribution >= 4 is 10.0 Å². The van der Waals surface area contributed by atoms with E-state index in [0.29, 0.717) is 25.4 Å². The van der Waals surface area contributed by atoms with Crippen molar-refractivity contribution in [1.82, 2.24) is 4.31 Å². The van der Waals surface area contributed by atoms with Crippen molar-refractivity contribution in [2.75, 3.05) is 14.2 Å². The second-order valence-electron chi connectivity index (χ2n) is 8.73. The minimum Gasteiger partial charge on any atom is -0.497 e. The van der Waals surface area contributed by atoms with Crippen molar-refractivity contribution in [2.45, 2.75) is 50.9 Å². The molecular weight excluding hydrogens is 422 g/mol. The van der Waals surface area contributed by atoms with Crippen LogP contribution in [-0.2, 0) is 23.1 Å². The Hall–Kier alpha value is -2.31. The van der Waals surface area contributed by atoms with Crippen molar-refractivity contribution in [3.05, 3.63) is 72.3 Å². The third kappa shape index (κ3) is 6.36. The molecule has 0 N–H and O–H groups in total. The van der Waals surface area contributed by atoms with Gasteiger partial charge in [-0.3, -0.25) is 0 Å². The molecule has 0 aromatic heterocycles. The van der Waals surface area contributed by atoms with Crippen LogP contribution in [0.5, 0.6) is 11.5 Å². The van der Waals surface area contributed by atoms with Gasteiger partial charge in [-0.1, -0.05) is 50.1 Å². The van der Waals surface area contributed by atoms with Gasteiger partial charge in [-0.15, -0.1) is 6.58 Å². The highest BCUT2D eigenvalue weighted by atomic mass is 32.2. The lowest BCUT2D eigenvalue weighted by Gasteiger charge is -2.31. The molecule has 0 aliphatic heterocycles. The summed E-state index contributed by atoms with van der Waals surface area (Å²) in [6.07, 6.45) is 5.50. The smallest absolute Gasteiger partial charge is 0.217 e. The molecule has 0 radical (unpaired) electrons. The van der Waals surface area contributed by atoms with Gasteiger partial charge in [0.2, 0.25) is 10.0 Å². The first-order valence-electron chi connectivity index (χ1n) is 11.2. The molecule has 0 spiro atoms. The Balaban J connectivity index is 1.92. The second kappa shape index (κ2) is 11.0. The molecule has 32 heavy (non-hydrogen) atoms. The summed E-state index contributed by atoms with van der Waals surface area (Å²) < 4.78 is 40.2. The molecule has 6 heteroatoms. The lowest BCUT2D eigenvalue weighted by atomic mass is 9.99. The Morgan fingerprint density at radius 2 is 1.44 bits per heavy atom. The van der Waals surface area contributed by atoms with E-state index in [2.05, 4.69) is 6.58 Å². The van der Waals surface area contributed by atoms with E-state index >= 15 is 0 Å². The highest BCUT2D eigenvalue weighted by molar-refractivity contribution is 7.89. The first-order valence-corrected chi connectivity index (χ1v) is 12.7. The summed E-state index contributed by atoms with van der Waals surface area (Å²) in [5.41, 5.74) is 1.87. The van der Waals surface area contributed by atoms with E-state index in [-0.39, 0.29) is 5.92 Å². The predicted molar refractivity (Wildman–Crippen MR) is 129 cm³/mol. The fourth-order valence-corrected chi connectivity index (χ4v) is 6.30. The minimum atomic E-state index is -3.54. The Morgan fingerprint density at radius 3 is 1.81 bits per heavy atom. The maximum Gasteiger partial charge on any atom is 0.217 e. The van der Waals surface area contributed by atoms with E-state index in [1.54, 1.807) is 18.5 Å². The summed E-state index contributed by atoms with van der Waals surface area (Å²) in [5, 5.41) is -0.413. The van der Waals surface area contributed by atoms with Gasteiger partial charge in [0.15, 0.2) is 0 Å². The molecular formula is C26H35NO4S. The molecule has 0 bridgehead atoms. The van der Waals surface area contributed by atoms with Crippen LogP contribution in [0.1, 0.15) is 43.7 Å². The summed E-state index contributed by atoms with van der Waals surface area (Å²) >= 11 is 0. The number of hydrogen-bond acceptors (Lipinski definition) is 4. The Labute approximate surface area is 193 Å². The first kappa shape index (κ1) is 24.3. The number of hydrogen-bond donors (Lipinski definition) is 0. The molecule has 0 amide bonds. The van der Waals surface area contributed by atoms with Crippen molar-refractivity contribution in [2.24, 2.45) is 11.8 Å². The van der Waals surface area contributed by atoms with Crippen LogP contribution >= 0.6 is 0 Å². The number of benzene rings is 2. The monoisotopic (exact) mass is 457 g/mol. The average Bonchev–Trinajstić information content (AvgIpc) is 3.62. The van der Waals surface area contributed by atoms with Crippen LogP contribution in [-0.4, -0.2) is 32.2 Å². The maximum absolute atomic E-state index is 14.0. The molecule has 0 heterocycles. The average molecular weight is 458 g/mol. The third-order valence-electron chi connectivity index (χ3n) is 6.21. The predicted octanol–water partition coefficient (Wildman–Crippen LogP) is 5.42. The summed E-state index contributed by atoms with van der Waals surface area (Å²) in [6, 6.07) is 15.2. The zero-order valence-electron chi connectivity index (χ0n) is 19.4. The molecule has 2 aromatic carbocycles. The zero-order chi connectivity index (χ0) is 23.1. The van der Waals surface area contributed by atoms with Crippen LogP contribution in [0.4, 0.5) is 0 Å². The van der Waals surface area contributed by atoms with Gasteiger partial charge >= 0.3 is 0 Å². The number of ether oxygens (including phenoxy) is 2. The van der Waals surface area contributed by atoms with Crippen LogP contribution in [0.25, 0.3) is 0 Å². The summed E-state index contributed by atoms with van der Waals surface area (Å²) in [7, 11) is -0.297. The summed E-state index contributed by atoms with van der Waals surface area (Å²) in [6.45, 7) is 6.51. The SMILES string of the molecule is C=CC[C@H](C)[C@@H](CC1CC1)S(=O)(=O)N(Cc1ccc(OC)cc1)Cc1ccc(OC)cc1. The normalized spacial score (nSPS) is 15.9. The van der Waals surface area contributed by atoms with Gasteiger partial charge in [0.05, 0.1) is 19.5 Å². The van der Waals surface area contributed by atoms with Crippen LogP contribution in [0, 0.1) is 11.8 Å². The lowest BCUT2D eigenvalue weighted by Crippen LogP contribution is -2.41. The summed E-state index contributed by atoms with van der Waals surface area (Å²) in [5.74, 6) is 2.05. The minimum absolute atomic E-state index is 0.0207. The Kier molecular flexibility index (Phi) is 8.38.